The van der Waals surface area contributed by atoms with Crippen LogP contribution in [0, 0.1) is 13.8 Å². The predicted molar refractivity (Wildman–Crippen MR) is 115 cm³/mol. The van der Waals surface area contributed by atoms with Gasteiger partial charge in [-0.3, -0.25) is 9.10 Å². The van der Waals surface area contributed by atoms with Crippen molar-refractivity contribution in [3.05, 3.63) is 57.0 Å². The number of amides is 1. The zero-order valence-corrected chi connectivity index (χ0v) is 18.7. The number of anilines is 2. The first kappa shape index (κ1) is 21.7. The van der Waals surface area contributed by atoms with Gasteiger partial charge in [-0.25, -0.2) is 8.42 Å². The van der Waals surface area contributed by atoms with Gasteiger partial charge >= 0.3 is 0 Å². The van der Waals surface area contributed by atoms with Crippen molar-refractivity contribution >= 4 is 54.8 Å². The van der Waals surface area contributed by atoms with Gasteiger partial charge in [0.25, 0.3) is 0 Å². The highest BCUT2D eigenvalue weighted by molar-refractivity contribution is 9.10. The molecule has 1 amide bonds. The molecule has 0 spiro atoms. The van der Waals surface area contributed by atoms with Crippen LogP contribution < -0.4 is 9.62 Å². The average molecular weight is 474 g/mol. The quantitative estimate of drug-likeness (QED) is 0.649. The molecule has 1 N–H and O–H groups in total. The van der Waals surface area contributed by atoms with E-state index in [0.29, 0.717) is 27.3 Å². The van der Waals surface area contributed by atoms with Crippen LogP contribution in [0.5, 0.6) is 0 Å². The number of hydrogen-bond donors (Lipinski definition) is 1. The fourth-order valence-electron chi connectivity index (χ4n) is 2.72. The Hall–Kier alpha value is -1.57. The third kappa shape index (κ3) is 5.24. The molecule has 5 nitrogen and oxygen atoms in total. The summed E-state index contributed by atoms with van der Waals surface area (Å²) in [6.45, 7) is 5.63. The molecular weight excluding hydrogens is 452 g/mol. The number of rotatable bonds is 6. The van der Waals surface area contributed by atoms with Crippen LogP contribution in [0.4, 0.5) is 11.4 Å². The van der Waals surface area contributed by atoms with Crippen molar-refractivity contribution in [3.8, 4) is 0 Å². The molecular formula is C19H22BrClN2O3S. The van der Waals surface area contributed by atoms with Crippen LogP contribution in [0.15, 0.2) is 40.9 Å². The minimum Gasteiger partial charge on any atom is -0.324 e. The minimum atomic E-state index is -3.67. The van der Waals surface area contributed by atoms with Crippen LogP contribution in [0.1, 0.15) is 24.5 Å². The molecule has 1 unspecified atom stereocenters. The zero-order chi connectivity index (χ0) is 20.4. The molecule has 2 rings (SSSR count). The highest BCUT2D eigenvalue weighted by Gasteiger charge is 2.31. The van der Waals surface area contributed by atoms with Crippen LogP contribution in [-0.2, 0) is 14.8 Å². The summed E-state index contributed by atoms with van der Waals surface area (Å²) >= 11 is 9.37. The Kier molecular flexibility index (Phi) is 6.94. The van der Waals surface area contributed by atoms with Crippen LogP contribution >= 0.6 is 27.5 Å². The first-order valence-corrected chi connectivity index (χ1v) is 11.4. The van der Waals surface area contributed by atoms with Crippen molar-refractivity contribution in [2.24, 2.45) is 0 Å². The summed E-state index contributed by atoms with van der Waals surface area (Å²) in [4.78, 5) is 12.9. The molecule has 0 fully saturated rings. The lowest BCUT2D eigenvalue weighted by Crippen LogP contribution is -2.47. The van der Waals surface area contributed by atoms with Gasteiger partial charge in [-0.2, -0.15) is 0 Å². The number of carbonyl (C=O) groups is 1. The number of nitrogens with one attached hydrogen (secondary N) is 1. The van der Waals surface area contributed by atoms with Gasteiger partial charge in [-0.1, -0.05) is 24.6 Å². The number of aryl methyl sites for hydroxylation is 2. The molecule has 0 aromatic heterocycles. The zero-order valence-electron chi connectivity index (χ0n) is 15.6. The molecule has 146 valence electrons. The SMILES string of the molecule is CCC(C(=O)Nc1ccc(Br)c(Cl)c1)N(c1ccc(C)c(C)c1)S(C)(=O)=O. The third-order valence-electron chi connectivity index (χ3n) is 4.26. The fourth-order valence-corrected chi connectivity index (χ4v) is 4.35. The van der Waals surface area contributed by atoms with E-state index in [1.165, 1.54) is 4.31 Å². The molecule has 0 saturated carbocycles. The number of sulfonamides is 1. The van der Waals surface area contributed by atoms with E-state index in [4.69, 9.17) is 11.6 Å². The molecule has 8 heteroatoms. The Bertz CT molecular complexity index is 963. The monoisotopic (exact) mass is 472 g/mol. The van der Waals surface area contributed by atoms with E-state index in [1.54, 1.807) is 37.3 Å². The van der Waals surface area contributed by atoms with E-state index < -0.39 is 22.0 Å². The van der Waals surface area contributed by atoms with Crippen LogP contribution in [0.3, 0.4) is 0 Å². The Morgan fingerprint density at radius 3 is 2.37 bits per heavy atom. The predicted octanol–water partition coefficient (Wildman–Crippen LogP) is 4.90. The fraction of sp³-hybridized carbons (Fsp3) is 0.316. The summed E-state index contributed by atoms with van der Waals surface area (Å²) in [5.74, 6) is -0.417. The second-order valence-electron chi connectivity index (χ2n) is 6.37. The van der Waals surface area contributed by atoms with E-state index in [-0.39, 0.29) is 0 Å². The first-order chi connectivity index (χ1) is 12.5. The largest absolute Gasteiger partial charge is 0.324 e. The molecule has 27 heavy (non-hydrogen) atoms. The Labute approximate surface area is 173 Å². The van der Waals surface area contributed by atoms with Crippen molar-refractivity contribution in [3.63, 3.8) is 0 Å². The highest BCUT2D eigenvalue weighted by Crippen LogP contribution is 2.28. The number of hydrogen-bond acceptors (Lipinski definition) is 3. The van der Waals surface area contributed by atoms with Gasteiger partial charge in [0.05, 0.1) is 17.0 Å². The van der Waals surface area contributed by atoms with Gasteiger partial charge in [0, 0.05) is 10.2 Å². The van der Waals surface area contributed by atoms with E-state index >= 15 is 0 Å². The molecule has 0 bridgehead atoms. The van der Waals surface area contributed by atoms with Gasteiger partial charge in [-0.05, 0) is 77.7 Å². The van der Waals surface area contributed by atoms with Gasteiger partial charge < -0.3 is 5.32 Å². The summed E-state index contributed by atoms with van der Waals surface area (Å²) in [5, 5.41) is 3.21. The highest BCUT2D eigenvalue weighted by atomic mass is 79.9. The van der Waals surface area contributed by atoms with E-state index in [0.717, 1.165) is 17.4 Å². The summed E-state index contributed by atoms with van der Waals surface area (Å²) < 4.78 is 26.9. The van der Waals surface area contributed by atoms with E-state index in [2.05, 4.69) is 21.2 Å². The Morgan fingerprint density at radius 2 is 1.85 bits per heavy atom. The van der Waals surface area contributed by atoms with E-state index in [1.807, 2.05) is 19.9 Å². The molecule has 0 radical (unpaired) electrons. The topological polar surface area (TPSA) is 66.5 Å². The van der Waals surface area contributed by atoms with Crippen molar-refractivity contribution in [1.29, 1.82) is 0 Å². The standard InChI is InChI=1S/C19H22BrClN2O3S/c1-5-18(19(24)22-14-7-9-16(20)17(21)11-14)23(27(4,25)26)15-8-6-12(2)13(3)10-15/h6-11,18H,5H2,1-4H3,(H,22,24). The number of nitrogens with zero attached hydrogens (tertiary/aromatic N) is 1. The van der Waals surface area contributed by atoms with Crippen LogP contribution in [0.25, 0.3) is 0 Å². The molecule has 1 atom stereocenters. The lowest BCUT2D eigenvalue weighted by molar-refractivity contribution is -0.117. The van der Waals surface area contributed by atoms with Crippen molar-refractivity contribution < 1.29 is 13.2 Å². The van der Waals surface area contributed by atoms with Gasteiger partial charge in [-0.15, -0.1) is 0 Å². The van der Waals surface area contributed by atoms with Crippen molar-refractivity contribution in [2.75, 3.05) is 15.9 Å². The number of benzene rings is 2. The second-order valence-corrected chi connectivity index (χ2v) is 9.49. The summed E-state index contributed by atoms with van der Waals surface area (Å²) in [6, 6.07) is 9.49. The Balaban J connectivity index is 2.40. The van der Waals surface area contributed by atoms with Gasteiger partial charge in [0.1, 0.15) is 6.04 Å². The van der Waals surface area contributed by atoms with Crippen LogP contribution in [-0.4, -0.2) is 26.6 Å². The summed E-state index contributed by atoms with van der Waals surface area (Å²) in [7, 11) is -3.67. The Morgan fingerprint density at radius 1 is 1.19 bits per heavy atom. The molecule has 0 aliphatic rings. The third-order valence-corrected chi connectivity index (χ3v) is 6.67. The number of carbonyl (C=O) groups excluding carboxylic acids is 1. The smallest absolute Gasteiger partial charge is 0.248 e. The van der Waals surface area contributed by atoms with Crippen molar-refractivity contribution in [2.45, 2.75) is 33.2 Å². The second kappa shape index (κ2) is 8.63. The molecule has 0 saturated heterocycles. The molecule has 0 heterocycles. The van der Waals surface area contributed by atoms with Crippen LogP contribution in [0.2, 0.25) is 5.02 Å². The maximum absolute atomic E-state index is 12.9. The maximum Gasteiger partial charge on any atom is 0.248 e. The van der Waals surface area contributed by atoms with E-state index in [9.17, 15) is 13.2 Å². The summed E-state index contributed by atoms with van der Waals surface area (Å²) in [5.41, 5.74) is 2.97. The molecule has 0 aliphatic heterocycles. The normalized spacial score (nSPS) is 12.5. The summed E-state index contributed by atoms with van der Waals surface area (Å²) in [6.07, 6.45) is 1.42. The molecule has 2 aromatic rings. The molecule has 0 aliphatic carbocycles. The molecule has 2 aromatic carbocycles. The van der Waals surface area contributed by atoms with Crippen molar-refractivity contribution in [1.82, 2.24) is 0 Å². The first-order valence-electron chi connectivity index (χ1n) is 8.37. The number of halogens is 2. The maximum atomic E-state index is 12.9. The van der Waals surface area contributed by atoms with Gasteiger partial charge in [0.2, 0.25) is 15.9 Å². The van der Waals surface area contributed by atoms with Gasteiger partial charge in [0.15, 0.2) is 0 Å². The lowest BCUT2D eigenvalue weighted by atomic mass is 10.1. The average Bonchev–Trinajstić information content (AvgIpc) is 2.57. The lowest BCUT2D eigenvalue weighted by Gasteiger charge is -2.30. The minimum absolute atomic E-state index is 0.316.